The molecule has 0 heterocycles. The average Bonchev–Trinajstić information content (AvgIpc) is 2.46. The highest BCUT2D eigenvalue weighted by molar-refractivity contribution is 9.10. The van der Waals surface area contributed by atoms with Gasteiger partial charge in [-0.1, -0.05) is 46.3 Å². The predicted molar refractivity (Wildman–Crippen MR) is 83.8 cm³/mol. The van der Waals surface area contributed by atoms with Gasteiger partial charge in [0, 0.05) is 0 Å². The predicted octanol–water partition coefficient (Wildman–Crippen LogP) is 1.67. The van der Waals surface area contributed by atoms with E-state index in [9.17, 15) is 24.6 Å². The topological polar surface area (TPSA) is 104 Å². The molecule has 7 heteroatoms. The molecule has 2 unspecified atom stereocenters. The van der Waals surface area contributed by atoms with Crippen molar-refractivity contribution in [2.24, 2.45) is 5.92 Å². The van der Waals surface area contributed by atoms with E-state index in [1.165, 1.54) is 0 Å². The first-order valence-electron chi connectivity index (χ1n) is 6.75. The summed E-state index contributed by atoms with van der Waals surface area (Å²) in [5.74, 6) is -3.72. The Bertz CT molecular complexity index is 532. The fraction of sp³-hybridized carbons (Fsp3) is 0.400. The number of carbonyl (C=O) groups excluding carboxylic acids is 1. The summed E-state index contributed by atoms with van der Waals surface area (Å²) in [5.41, 5.74) is 0.805. The first kappa shape index (κ1) is 18.2. The lowest BCUT2D eigenvalue weighted by Gasteiger charge is -2.20. The molecule has 22 heavy (non-hydrogen) atoms. The minimum Gasteiger partial charge on any atom is -0.481 e. The Kier molecular flexibility index (Phi) is 7.04. The van der Waals surface area contributed by atoms with Gasteiger partial charge in [0.05, 0.1) is 10.7 Å². The fourth-order valence-corrected chi connectivity index (χ4v) is 2.09. The van der Waals surface area contributed by atoms with E-state index in [1.54, 1.807) is 31.2 Å². The first-order chi connectivity index (χ1) is 10.3. The molecular formula is C15H18BrNO5. The summed E-state index contributed by atoms with van der Waals surface area (Å²) in [7, 11) is 0. The first-order valence-corrected chi connectivity index (χ1v) is 7.66. The SMILES string of the molecule is CC(Br)C(=O)N[C@@H](CC(Cc1ccccc1)C(=O)O)C(=O)O. The van der Waals surface area contributed by atoms with Crippen molar-refractivity contribution in [2.45, 2.75) is 30.6 Å². The van der Waals surface area contributed by atoms with Crippen LogP contribution in [-0.2, 0) is 20.8 Å². The molecule has 1 rings (SSSR count). The zero-order valence-corrected chi connectivity index (χ0v) is 13.6. The Labute approximate surface area is 136 Å². The van der Waals surface area contributed by atoms with Crippen LogP contribution in [-0.4, -0.2) is 38.9 Å². The number of benzene rings is 1. The van der Waals surface area contributed by atoms with Gasteiger partial charge < -0.3 is 15.5 Å². The molecule has 6 nitrogen and oxygen atoms in total. The smallest absolute Gasteiger partial charge is 0.326 e. The molecule has 0 saturated heterocycles. The maximum Gasteiger partial charge on any atom is 0.326 e. The zero-order chi connectivity index (χ0) is 16.7. The Morgan fingerprint density at radius 3 is 2.18 bits per heavy atom. The average molecular weight is 372 g/mol. The number of hydrogen-bond donors (Lipinski definition) is 3. The number of alkyl halides is 1. The van der Waals surface area contributed by atoms with E-state index in [0.717, 1.165) is 5.56 Å². The Hall–Kier alpha value is -1.89. The number of hydrogen-bond acceptors (Lipinski definition) is 3. The molecule has 0 aliphatic rings. The van der Waals surface area contributed by atoms with E-state index in [0.29, 0.717) is 0 Å². The molecule has 0 saturated carbocycles. The molecule has 120 valence electrons. The van der Waals surface area contributed by atoms with Crippen LogP contribution in [0.25, 0.3) is 0 Å². The minimum atomic E-state index is -1.25. The van der Waals surface area contributed by atoms with Gasteiger partial charge in [-0.25, -0.2) is 4.79 Å². The van der Waals surface area contributed by atoms with E-state index in [4.69, 9.17) is 0 Å². The molecule has 1 aromatic rings. The zero-order valence-electron chi connectivity index (χ0n) is 12.0. The highest BCUT2D eigenvalue weighted by Crippen LogP contribution is 2.15. The molecule has 0 spiro atoms. The third-order valence-corrected chi connectivity index (χ3v) is 3.59. The summed E-state index contributed by atoms with van der Waals surface area (Å²) in [6, 6.07) is 7.72. The lowest BCUT2D eigenvalue weighted by molar-refractivity contribution is -0.145. The third-order valence-electron chi connectivity index (χ3n) is 3.17. The molecule has 3 atom stereocenters. The van der Waals surface area contributed by atoms with Gasteiger partial charge in [0.15, 0.2) is 0 Å². The van der Waals surface area contributed by atoms with Crippen molar-refractivity contribution in [1.82, 2.24) is 5.32 Å². The summed E-state index contributed by atoms with van der Waals surface area (Å²) >= 11 is 3.05. The summed E-state index contributed by atoms with van der Waals surface area (Å²) in [6.07, 6.45) is 0.0325. The van der Waals surface area contributed by atoms with Gasteiger partial charge in [-0.05, 0) is 25.3 Å². The number of carboxylic acids is 2. The number of carboxylic acid groups (broad SMARTS) is 2. The maximum atomic E-state index is 11.6. The van der Waals surface area contributed by atoms with Crippen LogP contribution in [0, 0.1) is 5.92 Å². The van der Waals surface area contributed by atoms with Crippen molar-refractivity contribution < 1.29 is 24.6 Å². The van der Waals surface area contributed by atoms with Crippen molar-refractivity contribution in [2.75, 3.05) is 0 Å². The van der Waals surface area contributed by atoms with Crippen molar-refractivity contribution >= 4 is 33.8 Å². The van der Waals surface area contributed by atoms with Crippen molar-refractivity contribution in [1.29, 1.82) is 0 Å². The van der Waals surface area contributed by atoms with Crippen LogP contribution in [0.4, 0.5) is 0 Å². The standard InChI is InChI=1S/C15H18BrNO5/c1-9(16)13(18)17-12(15(21)22)8-11(14(19)20)7-10-5-3-2-4-6-10/h2-6,9,11-12H,7-8H2,1H3,(H,17,18)(H,19,20)(H,21,22)/t9?,11?,12-/m0/s1. The number of rotatable bonds is 8. The van der Waals surface area contributed by atoms with Crippen molar-refractivity contribution in [3.05, 3.63) is 35.9 Å². The molecule has 0 aromatic heterocycles. The van der Waals surface area contributed by atoms with Crippen LogP contribution in [0.1, 0.15) is 18.9 Å². The second-order valence-corrected chi connectivity index (χ2v) is 6.35. The highest BCUT2D eigenvalue weighted by Gasteiger charge is 2.29. The van der Waals surface area contributed by atoms with Gasteiger partial charge in [0.2, 0.25) is 5.91 Å². The largest absolute Gasteiger partial charge is 0.481 e. The number of nitrogens with one attached hydrogen (secondary N) is 1. The monoisotopic (exact) mass is 371 g/mol. The second kappa shape index (κ2) is 8.53. The van der Waals surface area contributed by atoms with Crippen molar-refractivity contribution in [3.63, 3.8) is 0 Å². The molecule has 1 amide bonds. The molecule has 3 N–H and O–H groups in total. The van der Waals surface area contributed by atoms with Gasteiger partial charge in [0.1, 0.15) is 6.04 Å². The van der Waals surface area contributed by atoms with E-state index < -0.39 is 34.6 Å². The summed E-state index contributed by atoms with van der Waals surface area (Å²) in [5, 5.41) is 20.8. The van der Waals surface area contributed by atoms with Gasteiger partial charge in [-0.15, -0.1) is 0 Å². The molecular weight excluding hydrogens is 354 g/mol. The third kappa shape index (κ3) is 5.85. The number of halogens is 1. The van der Waals surface area contributed by atoms with Crippen LogP contribution in [0.3, 0.4) is 0 Å². The quantitative estimate of drug-likeness (QED) is 0.603. The van der Waals surface area contributed by atoms with Gasteiger partial charge in [0.25, 0.3) is 0 Å². The summed E-state index contributed by atoms with van der Waals surface area (Å²) in [4.78, 5) is 33.7. The Morgan fingerprint density at radius 2 is 1.73 bits per heavy atom. The second-order valence-electron chi connectivity index (χ2n) is 4.98. The maximum absolute atomic E-state index is 11.6. The van der Waals surface area contributed by atoms with Crippen LogP contribution < -0.4 is 5.32 Å². The van der Waals surface area contributed by atoms with Gasteiger partial charge in [-0.2, -0.15) is 0 Å². The molecule has 0 fully saturated rings. The van der Waals surface area contributed by atoms with Crippen LogP contribution >= 0.6 is 15.9 Å². The normalized spacial score (nSPS) is 14.6. The van der Waals surface area contributed by atoms with E-state index >= 15 is 0 Å². The molecule has 1 aromatic carbocycles. The Balaban J connectivity index is 2.80. The van der Waals surface area contributed by atoms with E-state index in [1.807, 2.05) is 6.07 Å². The molecule has 0 aliphatic heterocycles. The van der Waals surface area contributed by atoms with Crippen LogP contribution in [0.2, 0.25) is 0 Å². The summed E-state index contributed by atoms with van der Waals surface area (Å²) in [6.45, 7) is 1.56. The lowest BCUT2D eigenvalue weighted by Crippen LogP contribution is -2.45. The van der Waals surface area contributed by atoms with Crippen molar-refractivity contribution in [3.8, 4) is 0 Å². The van der Waals surface area contributed by atoms with E-state index in [-0.39, 0.29) is 12.8 Å². The molecule has 0 aliphatic carbocycles. The van der Waals surface area contributed by atoms with E-state index in [2.05, 4.69) is 21.2 Å². The lowest BCUT2D eigenvalue weighted by atomic mass is 9.92. The number of amides is 1. The number of aliphatic carboxylic acids is 2. The fourth-order valence-electron chi connectivity index (χ4n) is 1.96. The highest BCUT2D eigenvalue weighted by atomic mass is 79.9. The Morgan fingerprint density at radius 1 is 1.14 bits per heavy atom. The van der Waals surface area contributed by atoms with Gasteiger partial charge >= 0.3 is 11.9 Å². The van der Waals surface area contributed by atoms with Gasteiger partial charge in [-0.3, -0.25) is 9.59 Å². The molecule has 0 bridgehead atoms. The van der Waals surface area contributed by atoms with Crippen LogP contribution in [0.15, 0.2) is 30.3 Å². The number of carbonyl (C=O) groups is 3. The molecule has 0 radical (unpaired) electrons. The minimum absolute atomic E-state index is 0.176. The summed E-state index contributed by atoms with van der Waals surface area (Å²) < 4.78 is 0. The van der Waals surface area contributed by atoms with Crippen LogP contribution in [0.5, 0.6) is 0 Å².